The summed E-state index contributed by atoms with van der Waals surface area (Å²) in [6.45, 7) is 0.600. The molecule has 2 aromatic rings. The lowest BCUT2D eigenvalue weighted by molar-refractivity contribution is 1.12. The Morgan fingerprint density at radius 1 is 0.941 bits per heavy atom. The van der Waals surface area contributed by atoms with Gasteiger partial charge in [0, 0.05) is 6.54 Å². The number of nitrogens with one attached hydrogen (secondary N) is 1. The molecule has 0 spiro atoms. The van der Waals surface area contributed by atoms with Crippen molar-refractivity contribution in [3.8, 4) is 0 Å². The predicted molar refractivity (Wildman–Crippen MR) is 69.0 cm³/mol. The molecule has 0 aliphatic carbocycles. The van der Waals surface area contributed by atoms with Crippen molar-refractivity contribution in [2.45, 2.75) is 6.54 Å². The molecule has 88 valence electrons. The van der Waals surface area contributed by atoms with E-state index in [2.05, 4.69) is 15.3 Å². The van der Waals surface area contributed by atoms with Gasteiger partial charge >= 0.3 is 0 Å². The van der Waals surface area contributed by atoms with Crippen molar-refractivity contribution in [1.82, 2.24) is 9.97 Å². The molecule has 2 rings (SSSR count). The molecule has 1 aromatic heterocycles. The number of aromatic nitrogens is 2. The highest BCUT2D eigenvalue weighted by Crippen LogP contribution is 2.23. The summed E-state index contributed by atoms with van der Waals surface area (Å²) in [6, 6.07) is 9.88. The second kappa shape index (κ2) is 4.56. The molecule has 0 unspecified atom stereocenters. The fourth-order valence-corrected chi connectivity index (χ4v) is 1.48. The Kier molecular flexibility index (Phi) is 2.95. The van der Waals surface area contributed by atoms with Crippen molar-refractivity contribution >= 4 is 23.3 Å². The van der Waals surface area contributed by atoms with Crippen LogP contribution in [-0.4, -0.2) is 9.97 Å². The summed E-state index contributed by atoms with van der Waals surface area (Å²) in [7, 11) is 0. The van der Waals surface area contributed by atoms with Crippen LogP contribution in [0.3, 0.4) is 0 Å². The van der Waals surface area contributed by atoms with Crippen LogP contribution >= 0.6 is 0 Å². The minimum absolute atomic E-state index is 0.0743. The summed E-state index contributed by atoms with van der Waals surface area (Å²) in [5, 5.41) is 3.09. The summed E-state index contributed by atoms with van der Waals surface area (Å²) in [6.07, 6.45) is 0. The highest BCUT2D eigenvalue weighted by atomic mass is 15.1. The van der Waals surface area contributed by atoms with E-state index in [4.69, 9.17) is 17.2 Å². The van der Waals surface area contributed by atoms with Gasteiger partial charge in [-0.1, -0.05) is 30.3 Å². The first kappa shape index (κ1) is 11.0. The zero-order valence-corrected chi connectivity index (χ0v) is 9.22. The van der Waals surface area contributed by atoms with Gasteiger partial charge in [0.05, 0.1) is 0 Å². The fourth-order valence-electron chi connectivity index (χ4n) is 1.48. The SMILES string of the molecule is Nc1nc(N)c(NCc2ccccc2)c(N)n1. The molecule has 1 heterocycles. The van der Waals surface area contributed by atoms with Crippen LogP contribution in [0.15, 0.2) is 30.3 Å². The van der Waals surface area contributed by atoms with Gasteiger partial charge < -0.3 is 22.5 Å². The van der Waals surface area contributed by atoms with Gasteiger partial charge in [-0.2, -0.15) is 9.97 Å². The Labute approximate surface area is 98.9 Å². The lowest BCUT2D eigenvalue weighted by atomic mass is 10.2. The molecular weight excluding hydrogens is 216 g/mol. The van der Waals surface area contributed by atoms with Crippen LogP contribution in [0, 0.1) is 0 Å². The quantitative estimate of drug-likeness (QED) is 0.620. The molecule has 1 aromatic carbocycles. The van der Waals surface area contributed by atoms with Crippen LogP contribution < -0.4 is 22.5 Å². The fraction of sp³-hybridized carbons (Fsp3) is 0.0909. The van der Waals surface area contributed by atoms with Crippen molar-refractivity contribution in [3.05, 3.63) is 35.9 Å². The molecule has 0 atom stereocenters. The minimum Gasteiger partial charge on any atom is -0.382 e. The van der Waals surface area contributed by atoms with E-state index in [-0.39, 0.29) is 17.6 Å². The average Bonchev–Trinajstić information content (AvgIpc) is 2.29. The van der Waals surface area contributed by atoms with E-state index in [1.54, 1.807) is 0 Å². The molecule has 0 amide bonds. The molecule has 0 saturated carbocycles. The maximum Gasteiger partial charge on any atom is 0.224 e. The van der Waals surface area contributed by atoms with Gasteiger partial charge in [0.1, 0.15) is 5.69 Å². The maximum absolute atomic E-state index is 5.71. The van der Waals surface area contributed by atoms with E-state index >= 15 is 0 Å². The molecule has 0 fully saturated rings. The molecule has 7 N–H and O–H groups in total. The molecular formula is C11H14N6. The van der Waals surface area contributed by atoms with Crippen molar-refractivity contribution in [3.63, 3.8) is 0 Å². The second-order valence-corrected chi connectivity index (χ2v) is 3.57. The lowest BCUT2D eigenvalue weighted by Gasteiger charge is -2.11. The number of hydrogen-bond acceptors (Lipinski definition) is 6. The molecule has 0 aliphatic heterocycles. The summed E-state index contributed by atoms with van der Waals surface area (Å²) >= 11 is 0. The number of benzene rings is 1. The number of nitrogens with two attached hydrogens (primary N) is 3. The van der Waals surface area contributed by atoms with Crippen LogP contribution in [0.25, 0.3) is 0 Å². The normalized spacial score (nSPS) is 10.1. The monoisotopic (exact) mass is 230 g/mol. The topological polar surface area (TPSA) is 116 Å². The Morgan fingerprint density at radius 2 is 1.53 bits per heavy atom. The van der Waals surface area contributed by atoms with Crippen LogP contribution in [0.5, 0.6) is 0 Å². The minimum atomic E-state index is 0.0743. The van der Waals surface area contributed by atoms with Gasteiger partial charge in [-0.15, -0.1) is 0 Å². The van der Waals surface area contributed by atoms with E-state index in [9.17, 15) is 0 Å². The van der Waals surface area contributed by atoms with E-state index in [1.165, 1.54) is 0 Å². The van der Waals surface area contributed by atoms with Gasteiger partial charge in [-0.3, -0.25) is 0 Å². The third kappa shape index (κ3) is 2.54. The first-order chi connectivity index (χ1) is 8.16. The molecule has 0 radical (unpaired) electrons. The molecule has 17 heavy (non-hydrogen) atoms. The van der Waals surface area contributed by atoms with Gasteiger partial charge in [-0.05, 0) is 5.56 Å². The highest BCUT2D eigenvalue weighted by molar-refractivity contribution is 5.75. The van der Waals surface area contributed by atoms with E-state index in [1.807, 2.05) is 30.3 Å². The summed E-state index contributed by atoms with van der Waals surface area (Å²) in [4.78, 5) is 7.70. The van der Waals surface area contributed by atoms with Gasteiger partial charge in [0.2, 0.25) is 5.95 Å². The molecule has 0 aliphatic rings. The van der Waals surface area contributed by atoms with Gasteiger partial charge in [0.25, 0.3) is 0 Å². The number of nitrogens with zero attached hydrogens (tertiary/aromatic N) is 2. The predicted octanol–water partition coefficient (Wildman–Crippen LogP) is 0.835. The zero-order valence-electron chi connectivity index (χ0n) is 9.22. The van der Waals surface area contributed by atoms with E-state index in [0.29, 0.717) is 12.2 Å². The van der Waals surface area contributed by atoms with Crippen LogP contribution in [0.4, 0.5) is 23.3 Å². The molecule has 6 nitrogen and oxygen atoms in total. The Hall–Kier alpha value is -2.50. The summed E-state index contributed by atoms with van der Waals surface area (Å²) < 4.78 is 0. The second-order valence-electron chi connectivity index (χ2n) is 3.57. The van der Waals surface area contributed by atoms with Crippen molar-refractivity contribution in [1.29, 1.82) is 0 Å². The lowest BCUT2D eigenvalue weighted by Crippen LogP contribution is -2.10. The van der Waals surface area contributed by atoms with Gasteiger partial charge in [-0.25, -0.2) is 0 Å². The largest absolute Gasteiger partial charge is 0.382 e. The molecule has 6 heteroatoms. The first-order valence-electron chi connectivity index (χ1n) is 5.13. The van der Waals surface area contributed by atoms with Crippen LogP contribution in [0.1, 0.15) is 5.56 Å². The Morgan fingerprint density at radius 3 is 2.12 bits per heavy atom. The standard InChI is InChI=1S/C11H14N6/c12-9-8(10(13)17-11(14)16-9)15-6-7-4-2-1-3-5-7/h1-5,15H,6H2,(H6,12,13,14,16,17). The summed E-state index contributed by atoms with van der Waals surface area (Å²) in [5.74, 6) is 0.585. The van der Waals surface area contributed by atoms with E-state index < -0.39 is 0 Å². The third-order valence-electron chi connectivity index (χ3n) is 2.29. The molecule has 0 saturated heterocycles. The van der Waals surface area contributed by atoms with Crippen LogP contribution in [-0.2, 0) is 6.54 Å². The first-order valence-corrected chi connectivity index (χ1v) is 5.13. The summed E-state index contributed by atoms with van der Waals surface area (Å²) in [5.41, 5.74) is 18.5. The van der Waals surface area contributed by atoms with Crippen molar-refractivity contribution in [2.75, 3.05) is 22.5 Å². The third-order valence-corrected chi connectivity index (χ3v) is 2.29. The molecule has 0 bridgehead atoms. The maximum atomic E-state index is 5.71. The van der Waals surface area contributed by atoms with Gasteiger partial charge in [0.15, 0.2) is 11.6 Å². The zero-order chi connectivity index (χ0) is 12.3. The van der Waals surface area contributed by atoms with Crippen LogP contribution in [0.2, 0.25) is 0 Å². The number of rotatable bonds is 3. The number of anilines is 4. The Bertz CT molecular complexity index is 488. The highest BCUT2D eigenvalue weighted by Gasteiger charge is 2.07. The Balaban J connectivity index is 2.15. The van der Waals surface area contributed by atoms with Crippen molar-refractivity contribution in [2.24, 2.45) is 0 Å². The average molecular weight is 230 g/mol. The number of hydrogen-bond donors (Lipinski definition) is 4. The smallest absolute Gasteiger partial charge is 0.224 e. The van der Waals surface area contributed by atoms with E-state index in [0.717, 1.165) is 5.56 Å². The number of nitrogen functional groups attached to an aromatic ring is 3. The van der Waals surface area contributed by atoms with Crippen molar-refractivity contribution < 1.29 is 0 Å².